The van der Waals surface area contributed by atoms with Crippen molar-refractivity contribution in [1.82, 2.24) is 4.90 Å². The van der Waals surface area contributed by atoms with Crippen LogP contribution in [0.15, 0.2) is 55.1 Å². The number of carbonyl (C=O) groups is 4. The number of ether oxygens (including phenoxy) is 2. The second kappa shape index (κ2) is 9.04. The number of hydrogen-bond acceptors (Lipinski definition) is 6. The summed E-state index contributed by atoms with van der Waals surface area (Å²) in [6.07, 6.45) is 0. The molecule has 0 aliphatic carbocycles. The highest BCUT2D eigenvalue weighted by Gasteiger charge is 2.32. The highest BCUT2D eigenvalue weighted by atomic mass is 16.5. The summed E-state index contributed by atoms with van der Waals surface area (Å²) in [6.45, 7) is 4.97. The van der Waals surface area contributed by atoms with E-state index in [-0.39, 0.29) is 19.1 Å². The Balaban J connectivity index is 1.48. The van der Waals surface area contributed by atoms with E-state index in [4.69, 9.17) is 9.47 Å². The number of nitrogens with zero attached hydrogens (tertiary/aromatic N) is 1. The van der Waals surface area contributed by atoms with Crippen molar-refractivity contribution in [3.05, 3.63) is 71.8 Å². The molecule has 1 aliphatic heterocycles. The number of rotatable bonds is 7. The summed E-state index contributed by atoms with van der Waals surface area (Å²) < 4.78 is 9.85. The van der Waals surface area contributed by atoms with Crippen LogP contribution in [-0.4, -0.2) is 48.4 Å². The van der Waals surface area contributed by atoms with E-state index in [1.54, 1.807) is 31.2 Å². The van der Waals surface area contributed by atoms with Crippen LogP contribution in [0.3, 0.4) is 0 Å². The van der Waals surface area contributed by atoms with Gasteiger partial charge >= 0.3 is 11.9 Å². The number of hydrogen-bond donors (Lipinski definition) is 1. The Kier molecular flexibility index (Phi) is 6.26. The molecule has 30 heavy (non-hydrogen) atoms. The van der Waals surface area contributed by atoms with Crippen molar-refractivity contribution < 1.29 is 28.7 Å². The summed E-state index contributed by atoms with van der Waals surface area (Å²) in [6, 6.07) is 13.0. The molecule has 0 radical (unpaired) electrons. The average molecular weight is 408 g/mol. The zero-order chi connectivity index (χ0) is 21.7. The van der Waals surface area contributed by atoms with Crippen molar-refractivity contribution in [3.8, 4) is 0 Å². The Morgan fingerprint density at radius 3 is 2.30 bits per heavy atom. The lowest BCUT2D eigenvalue weighted by Crippen LogP contribution is -2.32. The number of fused-ring (bicyclic) bond motifs is 1. The van der Waals surface area contributed by atoms with Crippen LogP contribution in [0.5, 0.6) is 0 Å². The molecule has 0 atom stereocenters. The lowest BCUT2D eigenvalue weighted by molar-refractivity contribution is -0.147. The molecule has 2 aromatic carbocycles. The predicted molar refractivity (Wildman–Crippen MR) is 108 cm³/mol. The zero-order valence-electron chi connectivity index (χ0n) is 16.3. The first kappa shape index (κ1) is 20.8. The van der Waals surface area contributed by atoms with E-state index < -0.39 is 24.5 Å². The molecule has 8 heteroatoms. The van der Waals surface area contributed by atoms with Gasteiger partial charge in [0, 0.05) is 22.5 Å². The molecule has 2 amide bonds. The van der Waals surface area contributed by atoms with E-state index in [1.807, 2.05) is 0 Å². The van der Waals surface area contributed by atoms with E-state index in [0.29, 0.717) is 28.1 Å². The van der Waals surface area contributed by atoms with Crippen LogP contribution >= 0.6 is 0 Å². The summed E-state index contributed by atoms with van der Waals surface area (Å²) in [5.41, 5.74) is 2.35. The van der Waals surface area contributed by atoms with Crippen LogP contribution in [-0.2, 0) is 19.1 Å². The second-order valence-corrected chi connectivity index (χ2v) is 6.39. The molecule has 0 bridgehead atoms. The summed E-state index contributed by atoms with van der Waals surface area (Å²) in [7, 11) is 0. The van der Waals surface area contributed by atoms with Gasteiger partial charge in [-0.25, -0.2) is 4.79 Å². The van der Waals surface area contributed by atoms with Gasteiger partial charge in [0.2, 0.25) is 0 Å². The summed E-state index contributed by atoms with van der Waals surface area (Å²) >= 11 is 0. The third-order valence-corrected chi connectivity index (χ3v) is 4.37. The van der Waals surface area contributed by atoms with Crippen molar-refractivity contribution in [2.45, 2.75) is 6.92 Å². The Morgan fingerprint density at radius 1 is 1.00 bits per heavy atom. The first-order valence-electron chi connectivity index (χ1n) is 9.23. The maximum atomic E-state index is 12.4. The van der Waals surface area contributed by atoms with Crippen molar-refractivity contribution >= 4 is 35.1 Å². The third kappa shape index (κ3) is 4.54. The molecule has 8 nitrogen and oxygen atoms in total. The molecular formula is C22H20N2O6. The van der Waals surface area contributed by atoms with Gasteiger partial charge in [-0.15, -0.1) is 0 Å². The molecule has 0 aromatic heterocycles. The molecular weight excluding hydrogens is 388 g/mol. The fraction of sp³-hybridized carbons (Fsp3) is 0.182. The zero-order valence-corrected chi connectivity index (χ0v) is 16.3. The van der Waals surface area contributed by atoms with Crippen LogP contribution in [0.4, 0.5) is 5.69 Å². The predicted octanol–water partition coefficient (Wildman–Crippen LogP) is 2.47. The number of carbonyl (C=O) groups excluding carboxylic acids is 4. The lowest BCUT2D eigenvalue weighted by Gasteiger charge is -2.16. The quantitative estimate of drug-likeness (QED) is 0.706. The maximum absolute atomic E-state index is 12.4. The van der Waals surface area contributed by atoms with E-state index >= 15 is 0 Å². The number of amides is 2. The minimum absolute atomic E-state index is 0.269. The van der Waals surface area contributed by atoms with Crippen LogP contribution in [0.25, 0.3) is 5.70 Å². The third-order valence-electron chi connectivity index (χ3n) is 4.37. The normalized spacial score (nSPS) is 12.4. The molecule has 0 fully saturated rings. The fourth-order valence-electron chi connectivity index (χ4n) is 2.92. The molecule has 1 heterocycles. The van der Waals surface area contributed by atoms with E-state index in [2.05, 4.69) is 11.9 Å². The van der Waals surface area contributed by atoms with Gasteiger partial charge in [0.1, 0.15) is 6.54 Å². The molecule has 0 unspecified atom stereocenters. The van der Waals surface area contributed by atoms with Crippen LogP contribution in [0, 0.1) is 0 Å². The number of nitrogens with one attached hydrogen (secondary N) is 1. The van der Waals surface area contributed by atoms with Crippen LogP contribution in [0.2, 0.25) is 0 Å². The summed E-state index contributed by atoms with van der Waals surface area (Å²) in [5, 5.41) is 2.55. The second-order valence-electron chi connectivity index (χ2n) is 6.39. The van der Waals surface area contributed by atoms with Gasteiger partial charge in [-0.1, -0.05) is 24.8 Å². The SMILES string of the molecule is C=C1c2ccccc2C(=O)N1CC(=O)OCC(=O)Nc1ccc(C(=O)OCC)cc1. The van der Waals surface area contributed by atoms with Gasteiger partial charge in [-0.3, -0.25) is 19.3 Å². The van der Waals surface area contributed by atoms with E-state index in [1.165, 1.54) is 29.2 Å². The standard InChI is InChI=1S/C22H20N2O6/c1-3-29-22(28)15-8-10-16(11-9-15)23-19(25)13-30-20(26)12-24-14(2)17-6-4-5-7-18(17)21(24)27/h4-11H,2-3,12-13H2,1H3,(H,23,25). The molecule has 154 valence electrons. The molecule has 0 saturated heterocycles. The van der Waals surface area contributed by atoms with E-state index in [9.17, 15) is 19.2 Å². The van der Waals surface area contributed by atoms with Gasteiger partial charge in [0.05, 0.1) is 12.2 Å². The smallest absolute Gasteiger partial charge is 0.338 e. The van der Waals surface area contributed by atoms with Gasteiger partial charge < -0.3 is 14.8 Å². The molecule has 3 rings (SSSR count). The first-order chi connectivity index (χ1) is 14.4. The minimum Gasteiger partial charge on any atom is -0.462 e. The molecule has 0 saturated carbocycles. The van der Waals surface area contributed by atoms with Crippen LogP contribution in [0.1, 0.15) is 33.2 Å². The summed E-state index contributed by atoms with van der Waals surface area (Å²) in [4.78, 5) is 49.3. The highest BCUT2D eigenvalue weighted by molar-refractivity contribution is 6.10. The number of anilines is 1. The highest BCUT2D eigenvalue weighted by Crippen LogP contribution is 2.30. The van der Waals surface area contributed by atoms with Crippen molar-refractivity contribution in [2.75, 3.05) is 25.1 Å². The van der Waals surface area contributed by atoms with Gasteiger partial charge in [0.15, 0.2) is 6.61 Å². The Labute approximate surface area is 173 Å². The molecule has 1 aliphatic rings. The van der Waals surface area contributed by atoms with Crippen molar-refractivity contribution in [3.63, 3.8) is 0 Å². The molecule has 0 spiro atoms. The monoisotopic (exact) mass is 408 g/mol. The fourth-order valence-corrected chi connectivity index (χ4v) is 2.92. The lowest BCUT2D eigenvalue weighted by atomic mass is 10.1. The van der Waals surface area contributed by atoms with Gasteiger partial charge in [0.25, 0.3) is 11.8 Å². The Morgan fingerprint density at radius 2 is 1.67 bits per heavy atom. The molecule has 2 aromatic rings. The Hall–Kier alpha value is -3.94. The van der Waals surface area contributed by atoms with Gasteiger partial charge in [-0.2, -0.15) is 0 Å². The largest absolute Gasteiger partial charge is 0.462 e. The maximum Gasteiger partial charge on any atom is 0.338 e. The average Bonchev–Trinajstić information content (AvgIpc) is 2.98. The Bertz CT molecular complexity index is 978. The van der Waals surface area contributed by atoms with Crippen molar-refractivity contribution in [2.24, 2.45) is 0 Å². The topological polar surface area (TPSA) is 102 Å². The number of esters is 2. The van der Waals surface area contributed by atoms with E-state index in [0.717, 1.165) is 0 Å². The van der Waals surface area contributed by atoms with Crippen LogP contribution < -0.4 is 5.32 Å². The molecule has 1 N–H and O–H groups in total. The minimum atomic E-state index is -0.731. The van der Waals surface area contributed by atoms with Crippen molar-refractivity contribution in [1.29, 1.82) is 0 Å². The van der Waals surface area contributed by atoms with Gasteiger partial charge in [-0.05, 0) is 37.3 Å². The first-order valence-corrected chi connectivity index (χ1v) is 9.23. The number of benzene rings is 2. The summed E-state index contributed by atoms with van der Waals surface area (Å²) in [5.74, 6) is -2.07.